The van der Waals surface area contributed by atoms with Gasteiger partial charge in [0.05, 0.1) is 19.7 Å². The van der Waals surface area contributed by atoms with Crippen LogP contribution in [-0.2, 0) is 14.3 Å². The zero-order chi connectivity index (χ0) is 25.5. The third kappa shape index (κ3) is 5.84. The summed E-state index contributed by atoms with van der Waals surface area (Å²) >= 11 is 0. The second-order valence-corrected chi connectivity index (χ2v) is 10.3. The Morgan fingerprint density at radius 1 is 0.800 bits per heavy atom. The number of benzene rings is 3. The molecule has 3 rings (SSSR count). The molecule has 0 atom stereocenters. The minimum Gasteiger partial charge on any atom is -0.466 e. The molecule has 3 aromatic carbocycles. The van der Waals surface area contributed by atoms with E-state index in [2.05, 4.69) is 14.7 Å². The quantitative estimate of drug-likeness (QED) is 0.155. The van der Waals surface area contributed by atoms with Gasteiger partial charge in [-0.15, -0.1) is 5.10 Å². The van der Waals surface area contributed by atoms with Crippen molar-refractivity contribution in [1.82, 2.24) is 0 Å². The molecule has 0 aliphatic rings. The van der Waals surface area contributed by atoms with Gasteiger partial charge in [0.2, 0.25) is 0 Å². The summed E-state index contributed by atoms with van der Waals surface area (Å²) < 4.78 is 46.0. The average molecular weight is 498 g/mol. The van der Waals surface area contributed by atoms with Crippen LogP contribution in [0, 0.1) is 0 Å². The summed E-state index contributed by atoms with van der Waals surface area (Å²) in [7, 11) is -2.06. The highest BCUT2D eigenvalue weighted by molar-refractivity contribution is 7.87. The lowest BCUT2D eigenvalue weighted by Gasteiger charge is -2.25. The summed E-state index contributed by atoms with van der Waals surface area (Å²) in [5.41, 5.74) is -2.50. The van der Waals surface area contributed by atoms with Gasteiger partial charge in [-0.2, -0.15) is 18.0 Å². The van der Waals surface area contributed by atoms with E-state index < -0.39 is 36.3 Å². The largest absolute Gasteiger partial charge is 0.466 e. The van der Waals surface area contributed by atoms with Gasteiger partial charge in [0, 0.05) is 28.9 Å². The number of carbonyl (C=O) groups excluding carboxylic acids is 2. The maximum Gasteiger partial charge on any atom is 0.418 e. The van der Waals surface area contributed by atoms with Crippen LogP contribution in [0.1, 0.15) is 6.92 Å². The molecule has 0 radical (unpaired) electrons. The van der Waals surface area contributed by atoms with Crippen molar-refractivity contribution >= 4 is 40.4 Å². The number of carbonyl (C=O) groups is 2. The van der Waals surface area contributed by atoms with Crippen molar-refractivity contribution < 1.29 is 27.5 Å². The van der Waals surface area contributed by atoms with Crippen LogP contribution in [-0.4, -0.2) is 30.8 Å². The number of halogens is 3. The number of Topliss-reactive ketones (excluding diaryl/α,β-unsaturated/α-hetero) is 1. The zero-order valence-electron chi connectivity index (χ0n) is 18.9. The van der Waals surface area contributed by atoms with E-state index in [9.17, 15) is 22.8 Å². The van der Waals surface area contributed by atoms with Crippen molar-refractivity contribution in [3.8, 4) is 0 Å². The van der Waals surface area contributed by atoms with Crippen LogP contribution in [0.2, 0.25) is 0 Å². The van der Waals surface area contributed by atoms with Crippen molar-refractivity contribution in [3.05, 3.63) is 103 Å². The predicted octanol–water partition coefficient (Wildman–Crippen LogP) is 4.77. The fraction of sp³-hybridized carbons (Fsp3) is 0.115. The van der Waals surface area contributed by atoms with Crippen LogP contribution >= 0.6 is 7.05 Å². The number of alkyl halides is 3. The molecule has 9 heteroatoms. The molecule has 0 heterocycles. The van der Waals surface area contributed by atoms with E-state index in [0.29, 0.717) is 0 Å². The van der Waals surface area contributed by atoms with Crippen LogP contribution in [0.3, 0.4) is 0 Å². The zero-order valence-corrected chi connectivity index (χ0v) is 19.8. The highest BCUT2D eigenvalue weighted by Gasteiger charge is 2.40. The molecule has 35 heavy (non-hydrogen) atoms. The van der Waals surface area contributed by atoms with Gasteiger partial charge in [-0.1, -0.05) is 91.0 Å². The molecule has 0 aliphatic carbocycles. The van der Waals surface area contributed by atoms with Crippen molar-refractivity contribution in [2.45, 2.75) is 13.1 Å². The lowest BCUT2D eigenvalue weighted by atomic mass is 10.1. The maximum atomic E-state index is 13.9. The van der Waals surface area contributed by atoms with Crippen LogP contribution in [0.4, 0.5) is 13.2 Å². The van der Waals surface area contributed by atoms with Gasteiger partial charge in [0.25, 0.3) is 0 Å². The molecule has 0 aliphatic heterocycles. The fourth-order valence-corrected chi connectivity index (χ4v) is 6.66. The first-order chi connectivity index (χ1) is 16.7. The van der Waals surface area contributed by atoms with Gasteiger partial charge in [-0.3, -0.25) is 4.79 Å². The molecule has 0 saturated carbocycles. The molecule has 0 bridgehead atoms. The molecular formula is C26H22F3N2O3P. The monoisotopic (exact) mass is 498 g/mol. The standard InChI is InChI=1S/C26H22F3N2O3P/c1-19(32)25(23(26(27,28)29)18-24(33)34-2)30-31-35(20-12-6-3-7-13-20,21-14-8-4-9-15-21)22-16-10-5-11-17-22/h3-18H,1-2H3/b23-18+,30-25+. The van der Waals surface area contributed by atoms with Crippen LogP contribution in [0.15, 0.2) is 113 Å². The number of hydrogen-bond donors (Lipinski definition) is 0. The molecule has 180 valence electrons. The Morgan fingerprint density at radius 2 is 1.20 bits per heavy atom. The lowest BCUT2D eigenvalue weighted by molar-refractivity contribution is -0.135. The topological polar surface area (TPSA) is 68.1 Å². The van der Waals surface area contributed by atoms with Gasteiger partial charge < -0.3 is 4.74 Å². The Morgan fingerprint density at radius 3 is 1.51 bits per heavy atom. The molecule has 0 saturated heterocycles. The highest BCUT2D eigenvalue weighted by atomic mass is 31.2. The Balaban J connectivity index is 2.46. The normalized spacial score (nSPS) is 12.7. The van der Waals surface area contributed by atoms with Gasteiger partial charge in [0.1, 0.15) is 5.71 Å². The summed E-state index contributed by atoms with van der Waals surface area (Å²) in [6, 6.07) is 27.3. The first-order valence-corrected chi connectivity index (χ1v) is 12.2. The summed E-state index contributed by atoms with van der Waals surface area (Å²) in [6.07, 6.45) is -4.83. The molecule has 0 N–H and O–H groups in total. The Labute approximate surface area is 201 Å². The lowest BCUT2D eigenvalue weighted by Crippen LogP contribution is -2.27. The van der Waals surface area contributed by atoms with E-state index in [0.717, 1.165) is 29.9 Å². The van der Waals surface area contributed by atoms with Gasteiger partial charge in [-0.25, -0.2) is 4.79 Å². The molecular weight excluding hydrogens is 476 g/mol. The summed E-state index contributed by atoms with van der Waals surface area (Å²) in [5.74, 6) is -2.25. The second kappa shape index (κ2) is 11.1. The van der Waals surface area contributed by atoms with Crippen molar-refractivity contribution in [1.29, 1.82) is 0 Å². The van der Waals surface area contributed by atoms with Gasteiger partial charge in [-0.05, 0) is 0 Å². The molecule has 0 fully saturated rings. The number of nitrogens with zero attached hydrogens (tertiary/aromatic N) is 2. The minimum absolute atomic E-state index is 0.212. The summed E-state index contributed by atoms with van der Waals surface area (Å²) in [6.45, 7) is 0.943. The smallest absolute Gasteiger partial charge is 0.418 e. The third-order valence-corrected chi connectivity index (χ3v) is 8.52. The van der Waals surface area contributed by atoms with Crippen LogP contribution in [0.5, 0.6) is 0 Å². The summed E-state index contributed by atoms with van der Waals surface area (Å²) in [4.78, 5) is 28.6. The highest BCUT2D eigenvalue weighted by Crippen LogP contribution is 2.46. The molecule has 0 spiro atoms. The Hall–Kier alpha value is -3.77. The number of ether oxygens (including phenoxy) is 1. The van der Waals surface area contributed by atoms with Crippen LogP contribution < -0.4 is 15.9 Å². The third-order valence-electron chi connectivity index (χ3n) is 5.03. The van der Waals surface area contributed by atoms with Gasteiger partial charge in [0.15, 0.2) is 5.78 Å². The number of rotatable bonds is 7. The molecule has 0 amide bonds. The molecule has 0 unspecified atom stereocenters. The van der Waals surface area contributed by atoms with E-state index in [1.54, 1.807) is 36.4 Å². The van der Waals surface area contributed by atoms with Crippen molar-refractivity contribution in [2.24, 2.45) is 9.96 Å². The molecule has 3 aromatic rings. The molecule has 0 aromatic heterocycles. The van der Waals surface area contributed by atoms with Crippen molar-refractivity contribution in [2.75, 3.05) is 7.11 Å². The van der Waals surface area contributed by atoms with E-state index >= 15 is 0 Å². The maximum absolute atomic E-state index is 13.9. The fourth-order valence-electron chi connectivity index (χ4n) is 3.42. The average Bonchev–Trinajstić information content (AvgIpc) is 2.86. The second-order valence-electron chi connectivity index (χ2n) is 7.32. The minimum atomic E-state index is -5.04. The number of ketones is 1. The van der Waals surface area contributed by atoms with Gasteiger partial charge >= 0.3 is 12.1 Å². The number of esters is 1. The Kier molecular flexibility index (Phi) is 8.20. The Bertz CT molecular complexity index is 1200. The van der Waals surface area contributed by atoms with Crippen molar-refractivity contribution in [3.63, 3.8) is 0 Å². The van der Waals surface area contributed by atoms with E-state index in [-0.39, 0.29) is 6.08 Å². The van der Waals surface area contributed by atoms with E-state index in [1.165, 1.54) is 0 Å². The first-order valence-electron chi connectivity index (χ1n) is 10.4. The SMILES string of the molecule is COC(=O)/C=C(\C(=N\N=P(c1ccccc1)(c1ccccc1)c1ccccc1)C(C)=O)C(F)(F)F. The van der Waals surface area contributed by atoms with Crippen LogP contribution in [0.25, 0.3) is 0 Å². The summed E-state index contributed by atoms with van der Waals surface area (Å²) in [5, 5.41) is 6.12. The van der Waals surface area contributed by atoms with E-state index in [4.69, 9.17) is 0 Å². The molecule has 5 nitrogen and oxygen atoms in total. The predicted molar refractivity (Wildman–Crippen MR) is 132 cm³/mol. The number of hydrogen-bond acceptors (Lipinski definition) is 4. The number of allylic oxidation sites excluding steroid dienone is 1. The van der Waals surface area contributed by atoms with E-state index in [1.807, 2.05) is 54.6 Å². The number of methoxy groups -OCH3 is 1. The first kappa shape index (κ1) is 25.8.